The van der Waals surface area contributed by atoms with Crippen molar-refractivity contribution < 1.29 is 0 Å². The fourth-order valence-corrected chi connectivity index (χ4v) is 3.59. The molecule has 16 heavy (non-hydrogen) atoms. The van der Waals surface area contributed by atoms with Crippen molar-refractivity contribution in [1.29, 1.82) is 0 Å². The fraction of sp³-hybridized carbons (Fsp3) is 1.00. The van der Waals surface area contributed by atoms with E-state index in [1.54, 1.807) is 0 Å². The summed E-state index contributed by atoms with van der Waals surface area (Å²) in [6.07, 6.45) is 7.53. The molecule has 1 nitrogen and oxygen atoms in total. The Balaban J connectivity index is 1.74. The number of hydrogen-bond donors (Lipinski definition) is 1. The summed E-state index contributed by atoms with van der Waals surface area (Å²) in [7, 11) is 0. The molecule has 2 fully saturated rings. The maximum Gasteiger partial charge on any atom is 0.00104 e. The predicted molar refractivity (Wildman–Crippen MR) is 70.5 cm³/mol. The van der Waals surface area contributed by atoms with Gasteiger partial charge >= 0.3 is 0 Å². The molecular weight excluding hydrogens is 194 g/mol. The normalized spacial score (nSPS) is 38.6. The summed E-state index contributed by atoms with van der Waals surface area (Å²) in [5.41, 5.74) is 0.785. The lowest BCUT2D eigenvalue weighted by Crippen LogP contribution is -2.28. The van der Waals surface area contributed by atoms with E-state index in [-0.39, 0.29) is 0 Å². The largest absolute Gasteiger partial charge is 0.314 e. The van der Waals surface area contributed by atoms with Crippen LogP contribution in [-0.4, -0.2) is 12.6 Å². The zero-order chi connectivity index (χ0) is 11.8. The Bertz CT molecular complexity index is 224. The highest BCUT2D eigenvalue weighted by Gasteiger charge is 2.54. The van der Waals surface area contributed by atoms with Gasteiger partial charge in [0.05, 0.1) is 0 Å². The number of nitrogens with one attached hydrogen (secondary N) is 1. The van der Waals surface area contributed by atoms with Crippen molar-refractivity contribution in [2.45, 2.75) is 65.8 Å². The first-order valence-electron chi connectivity index (χ1n) is 7.27. The van der Waals surface area contributed by atoms with Gasteiger partial charge < -0.3 is 5.32 Å². The Kier molecular flexibility index (Phi) is 3.63. The summed E-state index contributed by atoms with van der Waals surface area (Å²) in [6.45, 7) is 10.6. The van der Waals surface area contributed by atoms with Crippen LogP contribution in [-0.2, 0) is 0 Å². The van der Waals surface area contributed by atoms with Crippen LogP contribution in [0.3, 0.4) is 0 Å². The van der Waals surface area contributed by atoms with Crippen molar-refractivity contribution in [3.05, 3.63) is 0 Å². The van der Waals surface area contributed by atoms with Crippen LogP contribution in [0.4, 0.5) is 0 Å². The second kappa shape index (κ2) is 4.68. The molecule has 1 unspecified atom stereocenters. The van der Waals surface area contributed by atoms with E-state index < -0.39 is 0 Å². The van der Waals surface area contributed by atoms with Gasteiger partial charge in [0.2, 0.25) is 0 Å². The third kappa shape index (κ3) is 2.61. The highest BCUT2D eigenvalue weighted by Crippen LogP contribution is 2.62. The predicted octanol–water partition coefficient (Wildman–Crippen LogP) is 3.84. The summed E-state index contributed by atoms with van der Waals surface area (Å²) >= 11 is 0. The van der Waals surface area contributed by atoms with Crippen molar-refractivity contribution in [3.63, 3.8) is 0 Å². The smallest absolute Gasteiger partial charge is 0.00104 e. The van der Waals surface area contributed by atoms with Crippen molar-refractivity contribution in [2.24, 2.45) is 23.2 Å². The van der Waals surface area contributed by atoms with Crippen LogP contribution in [0.15, 0.2) is 0 Å². The van der Waals surface area contributed by atoms with Gasteiger partial charge in [-0.3, -0.25) is 0 Å². The average molecular weight is 223 g/mol. The molecule has 2 aliphatic carbocycles. The SMILES string of the molecule is CC(C)NCC1CC12CCC(C(C)C)CC2. The van der Waals surface area contributed by atoms with E-state index in [1.165, 1.54) is 38.6 Å². The van der Waals surface area contributed by atoms with E-state index in [0.717, 1.165) is 23.2 Å². The molecule has 2 saturated carbocycles. The highest BCUT2D eigenvalue weighted by atomic mass is 14.9. The second-order valence-corrected chi connectivity index (χ2v) is 6.91. The summed E-state index contributed by atoms with van der Waals surface area (Å²) in [4.78, 5) is 0. The monoisotopic (exact) mass is 223 g/mol. The van der Waals surface area contributed by atoms with Gasteiger partial charge in [-0.2, -0.15) is 0 Å². The van der Waals surface area contributed by atoms with Crippen molar-refractivity contribution in [1.82, 2.24) is 5.32 Å². The van der Waals surface area contributed by atoms with Crippen LogP contribution < -0.4 is 5.32 Å². The lowest BCUT2D eigenvalue weighted by atomic mass is 9.74. The molecule has 0 aliphatic heterocycles. The van der Waals surface area contributed by atoms with Crippen LogP contribution in [0.1, 0.15) is 59.8 Å². The molecule has 0 aromatic heterocycles. The Labute approximate surface area is 101 Å². The summed E-state index contributed by atoms with van der Waals surface area (Å²) in [5, 5.41) is 3.61. The van der Waals surface area contributed by atoms with Gasteiger partial charge in [0.15, 0.2) is 0 Å². The summed E-state index contributed by atoms with van der Waals surface area (Å²) in [6, 6.07) is 0.657. The average Bonchev–Trinajstić information content (AvgIpc) is 2.89. The molecule has 0 radical (unpaired) electrons. The van der Waals surface area contributed by atoms with E-state index in [0.29, 0.717) is 6.04 Å². The Morgan fingerprint density at radius 2 is 1.75 bits per heavy atom. The van der Waals surface area contributed by atoms with Crippen molar-refractivity contribution in [2.75, 3.05) is 6.54 Å². The lowest BCUT2D eigenvalue weighted by Gasteiger charge is -2.32. The van der Waals surface area contributed by atoms with Crippen LogP contribution in [0.2, 0.25) is 0 Å². The minimum absolute atomic E-state index is 0.657. The van der Waals surface area contributed by atoms with Crippen molar-refractivity contribution >= 4 is 0 Å². The van der Waals surface area contributed by atoms with E-state index in [4.69, 9.17) is 0 Å². The first kappa shape index (κ1) is 12.4. The molecule has 2 rings (SSSR count). The molecule has 0 heterocycles. The van der Waals surface area contributed by atoms with E-state index >= 15 is 0 Å². The van der Waals surface area contributed by atoms with Crippen LogP contribution in [0, 0.1) is 23.2 Å². The first-order valence-corrected chi connectivity index (χ1v) is 7.27. The molecule has 94 valence electrons. The highest BCUT2D eigenvalue weighted by molar-refractivity contribution is 5.05. The first-order chi connectivity index (χ1) is 7.53. The number of hydrogen-bond acceptors (Lipinski definition) is 1. The molecule has 0 aromatic rings. The molecular formula is C15H29N. The van der Waals surface area contributed by atoms with Gasteiger partial charge in [-0.25, -0.2) is 0 Å². The number of rotatable bonds is 4. The molecule has 1 atom stereocenters. The van der Waals surface area contributed by atoms with Crippen molar-refractivity contribution in [3.8, 4) is 0 Å². The van der Waals surface area contributed by atoms with Crippen LogP contribution in [0.25, 0.3) is 0 Å². The third-order valence-corrected chi connectivity index (χ3v) is 5.10. The molecule has 0 saturated heterocycles. The quantitative estimate of drug-likeness (QED) is 0.763. The fourth-order valence-electron chi connectivity index (χ4n) is 3.59. The third-order valence-electron chi connectivity index (χ3n) is 5.10. The van der Waals surface area contributed by atoms with Gasteiger partial charge in [-0.05, 0) is 61.8 Å². The Morgan fingerprint density at radius 3 is 2.25 bits per heavy atom. The molecule has 1 N–H and O–H groups in total. The molecule has 0 aromatic carbocycles. The van der Waals surface area contributed by atoms with E-state index in [1.807, 2.05) is 0 Å². The molecule has 1 spiro atoms. The van der Waals surface area contributed by atoms with E-state index in [2.05, 4.69) is 33.0 Å². The Morgan fingerprint density at radius 1 is 1.12 bits per heavy atom. The maximum atomic E-state index is 3.61. The van der Waals surface area contributed by atoms with Gasteiger partial charge in [0.25, 0.3) is 0 Å². The zero-order valence-corrected chi connectivity index (χ0v) is 11.6. The summed E-state index contributed by atoms with van der Waals surface area (Å²) in [5.74, 6) is 2.93. The van der Waals surface area contributed by atoms with Gasteiger partial charge in [0.1, 0.15) is 0 Å². The van der Waals surface area contributed by atoms with Gasteiger partial charge in [-0.15, -0.1) is 0 Å². The molecule has 1 heteroatoms. The minimum atomic E-state index is 0.657. The van der Waals surface area contributed by atoms with E-state index in [9.17, 15) is 0 Å². The Hall–Kier alpha value is -0.0400. The maximum absolute atomic E-state index is 3.61. The standard InChI is InChI=1S/C15H29N/c1-11(2)13-5-7-15(8-6-13)9-14(15)10-16-12(3)4/h11-14,16H,5-10H2,1-4H3. The van der Waals surface area contributed by atoms with Crippen LogP contribution in [0.5, 0.6) is 0 Å². The van der Waals surface area contributed by atoms with Gasteiger partial charge in [0, 0.05) is 6.04 Å². The topological polar surface area (TPSA) is 12.0 Å². The van der Waals surface area contributed by atoms with Gasteiger partial charge in [-0.1, -0.05) is 27.7 Å². The molecule has 0 amide bonds. The zero-order valence-electron chi connectivity index (χ0n) is 11.6. The second-order valence-electron chi connectivity index (χ2n) is 6.91. The lowest BCUT2D eigenvalue weighted by molar-refractivity contribution is 0.196. The molecule has 0 bridgehead atoms. The summed E-state index contributed by atoms with van der Waals surface area (Å²) < 4.78 is 0. The molecule has 2 aliphatic rings. The minimum Gasteiger partial charge on any atom is -0.314 e. The van der Waals surface area contributed by atoms with Crippen LogP contribution >= 0.6 is 0 Å².